The number of nitrogens with one attached hydrogen (secondary N) is 1. The van der Waals surface area contributed by atoms with Crippen LogP contribution >= 0.6 is 0 Å². The van der Waals surface area contributed by atoms with Crippen molar-refractivity contribution in [2.75, 3.05) is 6.61 Å². The molecule has 0 spiro atoms. The Morgan fingerprint density at radius 1 is 0.667 bits per heavy atom. The van der Waals surface area contributed by atoms with Crippen LogP contribution in [0.2, 0.25) is 0 Å². The van der Waals surface area contributed by atoms with E-state index in [0.29, 0.717) is 12.8 Å². The predicted molar refractivity (Wildman–Crippen MR) is 228 cm³/mol. The molecule has 1 fully saturated rings. The standard InChI is InChI=1S/C46H80N4O7/c1-3-5-7-9-11-13-15-17-19-21-23-25-27-29-31-33-40(51)55-36-39-43(42(53)46(56-39)50-44-38(35-49-50)45(54)48-37-47-44)57-41(52)34-32-30-28-26-24-22-20-18-16-14-12-10-8-6-4-2/h35,37,39,42-43,46,53H,3-34,36H2,1-2H3,(H,47,48,54)/t39-,42-,43-,46-/m1/s1. The summed E-state index contributed by atoms with van der Waals surface area (Å²) in [6.07, 6.45) is 36.2. The number of aromatic nitrogens is 4. The van der Waals surface area contributed by atoms with Gasteiger partial charge >= 0.3 is 11.9 Å². The van der Waals surface area contributed by atoms with Crippen LogP contribution in [0.4, 0.5) is 0 Å². The zero-order chi connectivity index (χ0) is 40.8. The van der Waals surface area contributed by atoms with Crippen molar-refractivity contribution in [3.63, 3.8) is 0 Å². The van der Waals surface area contributed by atoms with Gasteiger partial charge in [0.05, 0.1) is 12.5 Å². The van der Waals surface area contributed by atoms with Gasteiger partial charge in [0.15, 0.2) is 18.0 Å². The van der Waals surface area contributed by atoms with Crippen LogP contribution in [0.5, 0.6) is 0 Å². The molecule has 0 aromatic carbocycles. The molecule has 2 aromatic heterocycles. The average molecular weight is 801 g/mol. The van der Waals surface area contributed by atoms with Crippen molar-refractivity contribution in [2.45, 2.75) is 244 Å². The minimum absolute atomic E-state index is 0.171. The summed E-state index contributed by atoms with van der Waals surface area (Å²) < 4.78 is 18.9. The van der Waals surface area contributed by atoms with E-state index in [2.05, 4.69) is 28.9 Å². The maximum Gasteiger partial charge on any atom is 0.306 e. The van der Waals surface area contributed by atoms with E-state index in [1.807, 2.05) is 0 Å². The van der Waals surface area contributed by atoms with E-state index < -0.39 is 30.5 Å². The van der Waals surface area contributed by atoms with Gasteiger partial charge in [0, 0.05) is 12.8 Å². The monoisotopic (exact) mass is 801 g/mol. The highest BCUT2D eigenvalue weighted by atomic mass is 16.6. The smallest absolute Gasteiger partial charge is 0.306 e. The Labute approximate surface area is 344 Å². The van der Waals surface area contributed by atoms with E-state index in [0.717, 1.165) is 32.1 Å². The van der Waals surface area contributed by atoms with E-state index >= 15 is 0 Å². The SMILES string of the molecule is CCCCCCCCCCCCCCCCCC(=O)OC[C@H]1O[C@@H](n2ncc3c(=O)[nH]cnc32)[C@H](O)[C@@H]1OC(=O)CCCCCCCCCCCCCCCCC. The van der Waals surface area contributed by atoms with Gasteiger partial charge in [0.1, 0.15) is 24.2 Å². The molecule has 3 rings (SSSR count). The molecule has 11 nitrogen and oxygen atoms in total. The first-order valence-corrected chi connectivity index (χ1v) is 23.6. The molecular weight excluding hydrogens is 721 g/mol. The molecule has 57 heavy (non-hydrogen) atoms. The van der Waals surface area contributed by atoms with Crippen molar-refractivity contribution < 1.29 is 28.9 Å². The number of esters is 2. The Hall–Kier alpha value is -2.79. The first-order valence-electron chi connectivity index (χ1n) is 23.6. The molecule has 1 aliphatic rings. The third-order valence-corrected chi connectivity index (χ3v) is 11.6. The lowest BCUT2D eigenvalue weighted by Gasteiger charge is -2.20. The van der Waals surface area contributed by atoms with E-state index in [-0.39, 0.29) is 35.6 Å². The number of hydrogen-bond donors (Lipinski definition) is 2. The van der Waals surface area contributed by atoms with Crippen LogP contribution in [0.3, 0.4) is 0 Å². The van der Waals surface area contributed by atoms with Crippen LogP contribution in [0.15, 0.2) is 17.3 Å². The molecule has 0 amide bonds. The molecule has 2 aromatic rings. The van der Waals surface area contributed by atoms with Gasteiger partial charge in [-0.2, -0.15) is 5.10 Å². The summed E-state index contributed by atoms with van der Waals surface area (Å²) in [4.78, 5) is 44.8. The number of nitrogens with zero attached hydrogens (tertiary/aromatic N) is 3. The lowest BCUT2D eigenvalue weighted by atomic mass is 10.0. The molecule has 2 N–H and O–H groups in total. The number of fused-ring (bicyclic) bond motifs is 1. The number of H-pyrrole nitrogens is 1. The number of rotatable bonds is 36. The highest BCUT2D eigenvalue weighted by Gasteiger charge is 2.48. The second kappa shape index (κ2) is 31.2. The maximum absolute atomic E-state index is 13.0. The first-order chi connectivity index (χ1) is 28.0. The number of aliphatic hydroxyl groups is 1. The summed E-state index contributed by atoms with van der Waals surface area (Å²) in [5, 5.41) is 15.9. The number of unbranched alkanes of at least 4 members (excludes halogenated alkanes) is 28. The summed E-state index contributed by atoms with van der Waals surface area (Å²) in [6.45, 7) is 4.35. The van der Waals surface area contributed by atoms with Gasteiger partial charge in [-0.15, -0.1) is 0 Å². The molecule has 0 radical (unpaired) electrons. The third-order valence-electron chi connectivity index (χ3n) is 11.6. The zero-order valence-electron chi connectivity index (χ0n) is 36.0. The second-order valence-corrected chi connectivity index (χ2v) is 16.7. The van der Waals surface area contributed by atoms with Gasteiger partial charge in [-0.3, -0.25) is 14.4 Å². The van der Waals surface area contributed by atoms with Crippen LogP contribution in [-0.2, 0) is 23.8 Å². The summed E-state index contributed by atoms with van der Waals surface area (Å²) in [5.41, 5.74) is -0.133. The molecule has 0 saturated carbocycles. The Balaban J connectivity index is 1.33. The van der Waals surface area contributed by atoms with Gasteiger partial charge in [-0.1, -0.05) is 194 Å². The fourth-order valence-corrected chi connectivity index (χ4v) is 8.00. The fraction of sp³-hybridized carbons (Fsp3) is 0.848. The number of aliphatic hydroxyl groups excluding tert-OH is 1. The highest BCUT2D eigenvalue weighted by Crippen LogP contribution is 2.33. The molecule has 11 heteroatoms. The Morgan fingerprint density at radius 2 is 1.09 bits per heavy atom. The van der Waals surface area contributed by atoms with Gasteiger partial charge in [0.25, 0.3) is 5.56 Å². The molecule has 1 aliphatic heterocycles. The average Bonchev–Trinajstić information content (AvgIpc) is 3.77. The first kappa shape index (κ1) is 48.6. The van der Waals surface area contributed by atoms with Gasteiger partial charge < -0.3 is 24.3 Å². The number of hydrogen-bond acceptors (Lipinski definition) is 9. The summed E-state index contributed by atoms with van der Waals surface area (Å²) in [5.74, 6) is -0.765. The van der Waals surface area contributed by atoms with Crippen molar-refractivity contribution in [1.29, 1.82) is 0 Å². The predicted octanol–water partition coefficient (Wildman–Crippen LogP) is 11.4. The van der Waals surface area contributed by atoms with E-state index in [4.69, 9.17) is 14.2 Å². The minimum Gasteiger partial charge on any atom is -0.463 e. The Morgan fingerprint density at radius 3 is 1.54 bits per heavy atom. The van der Waals surface area contributed by atoms with Crippen LogP contribution in [0.25, 0.3) is 11.0 Å². The van der Waals surface area contributed by atoms with Crippen molar-refractivity contribution in [3.05, 3.63) is 22.9 Å². The van der Waals surface area contributed by atoms with E-state index in [1.165, 1.54) is 171 Å². The molecule has 1 saturated heterocycles. The summed E-state index contributed by atoms with van der Waals surface area (Å²) in [6, 6.07) is 0. The number of ether oxygens (including phenoxy) is 3. The Bertz CT molecular complexity index is 1380. The molecule has 4 atom stereocenters. The second-order valence-electron chi connectivity index (χ2n) is 16.7. The van der Waals surface area contributed by atoms with Crippen molar-refractivity contribution >= 4 is 23.0 Å². The van der Waals surface area contributed by atoms with Crippen LogP contribution in [0, 0.1) is 0 Å². The van der Waals surface area contributed by atoms with Crippen LogP contribution < -0.4 is 5.56 Å². The van der Waals surface area contributed by atoms with Gasteiger partial charge in [0.2, 0.25) is 0 Å². The van der Waals surface area contributed by atoms with Gasteiger partial charge in [-0.25, -0.2) is 9.67 Å². The summed E-state index contributed by atoms with van der Waals surface area (Å²) >= 11 is 0. The molecule has 0 bridgehead atoms. The highest BCUT2D eigenvalue weighted by molar-refractivity contribution is 5.73. The quantitative estimate of drug-likeness (QED) is 0.0508. The van der Waals surface area contributed by atoms with Crippen molar-refractivity contribution in [1.82, 2.24) is 19.7 Å². The number of aromatic amines is 1. The number of carbonyl (C=O) groups excluding carboxylic acids is 2. The molecule has 0 aliphatic carbocycles. The largest absolute Gasteiger partial charge is 0.463 e. The van der Waals surface area contributed by atoms with Crippen molar-refractivity contribution in [2.24, 2.45) is 0 Å². The zero-order valence-corrected chi connectivity index (χ0v) is 36.0. The molecule has 3 heterocycles. The lowest BCUT2D eigenvalue weighted by Crippen LogP contribution is -2.38. The fourth-order valence-electron chi connectivity index (χ4n) is 8.00. The number of carbonyl (C=O) groups is 2. The Kier molecular flexibility index (Phi) is 26.6. The normalized spacial score (nSPS) is 18.1. The lowest BCUT2D eigenvalue weighted by molar-refractivity contribution is -0.160. The van der Waals surface area contributed by atoms with E-state index in [9.17, 15) is 19.5 Å². The van der Waals surface area contributed by atoms with Crippen LogP contribution in [0.1, 0.15) is 226 Å². The van der Waals surface area contributed by atoms with Gasteiger partial charge in [-0.05, 0) is 12.8 Å². The summed E-state index contributed by atoms with van der Waals surface area (Å²) in [7, 11) is 0. The topological polar surface area (TPSA) is 146 Å². The molecule has 326 valence electrons. The van der Waals surface area contributed by atoms with Crippen molar-refractivity contribution in [3.8, 4) is 0 Å². The maximum atomic E-state index is 13.0. The van der Waals surface area contributed by atoms with E-state index in [1.54, 1.807) is 0 Å². The molecule has 0 unspecified atom stereocenters. The van der Waals surface area contributed by atoms with Crippen LogP contribution in [-0.4, -0.2) is 61.7 Å². The third kappa shape index (κ3) is 20.2. The molecular formula is C46H80N4O7. The minimum atomic E-state index is -1.31.